The van der Waals surface area contributed by atoms with E-state index in [0.717, 1.165) is 41.2 Å². The molecule has 2 aliphatic heterocycles. The number of nitrogens with zero attached hydrogens (tertiary/aromatic N) is 5. The van der Waals surface area contributed by atoms with Gasteiger partial charge < -0.3 is 19.1 Å². The first-order valence-electron chi connectivity index (χ1n) is 12.6. The lowest BCUT2D eigenvalue weighted by Gasteiger charge is -2.28. The molecular formula is C28H27ClFN5O4S. The van der Waals surface area contributed by atoms with Gasteiger partial charge in [-0.3, -0.25) is 9.88 Å². The average molecular weight is 584 g/mol. The zero-order chi connectivity index (χ0) is 26.9. The lowest BCUT2D eigenvalue weighted by molar-refractivity contribution is -0.0591. The van der Waals surface area contributed by atoms with E-state index in [0.29, 0.717) is 36.9 Å². The molecule has 0 spiro atoms. The molecule has 9 nitrogen and oxygen atoms in total. The monoisotopic (exact) mass is 583 g/mol. The van der Waals surface area contributed by atoms with Crippen LogP contribution in [-0.2, 0) is 24.4 Å². The Kier molecular flexibility index (Phi) is 8.36. The highest BCUT2D eigenvalue weighted by atomic mass is 35.5. The highest BCUT2D eigenvalue weighted by molar-refractivity contribution is 7.59. The first-order valence-corrected chi connectivity index (χ1v) is 13.0. The normalized spacial score (nSPS) is 16.9. The molecule has 0 bridgehead atoms. The smallest absolute Gasteiger partial charge is 0.335 e. The third-order valence-corrected chi connectivity index (χ3v) is 7.13. The Morgan fingerprint density at radius 2 is 2.05 bits per heavy atom. The summed E-state index contributed by atoms with van der Waals surface area (Å²) in [4.78, 5) is 27.6. The average Bonchev–Trinajstić information content (AvgIpc) is 3.50. The zero-order valence-corrected chi connectivity index (χ0v) is 23.1. The zero-order valence-electron chi connectivity index (χ0n) is 21.4. The second-order valence-corrected chi connectivity index (χ2v) is 10.0. The molecule has 6 rings (SSSR count). The Morgan fingerprint density at radius 1 is 1.20 bits per heavy atom. The van der Waals surface area contributed by atoms with Gasteiger partial charge in [0.25, 0.3) is 0 Å². The fraction of sp³-hybridized carbons (Fsp3) is 0.286. The molecule has 2 aliphatic rings. The van der Waals surface area contributed by atoms with E-state index in [1.54, 1.807) is 36.7 Å². The molecule has 0 unspecified atom stereocenters. The van der Waals surface area contributed by atoms with Crippen molar-refractivity contribution in [3.8, 4) is 5.75 Å². The number of benzene rings is 2. The molecule has 208 valence electrons. The van der Waals surface area contributed by atoms with Gasteiger partial charge in [-0.15, -0.1) is 0 Å². The van der Waals surface area contributed by atoms with Crippen LogP contribution in [-0.4, -0.2) is 61.3 Å². The van der Waals surface area contributed by atoms with Crippen molar-refractivity contribution in [2.45, 2.75) is 32.2 Å². The van der Waals surface area contributed by atoms with E-state index >= 15 is 0 Å². The Labute approximate surface area is 241 Å². The Balaban J connectivity index is 0.00000323. The summed E-state index contributed by atoms with van der Waals surface area (Å²) in [5.74, 6) is -0.541. The fourth-order valence-corrected chi connectivity index (χ4v) is 4.91. The molecule has 4 heterocycles. The van der Waals surface area contributed by atoms with Crippen LogP contribution in [0.25, 0.3) is 16.6 Å². The van der Waals surface area contributed by atoms with Gasteiger partial charge in [0.05, 0.1) is 59.6 Å². The number of aromatic nitrogens is 4. The van der Waals surface area contributed by atoms with E-state index in [-0.39, 0.29) is 37.5 Å². The maximum absolute atomic E-state index is 14.0. The van der Waals surface area contributed by atoms with E-state index in [4.69, 9.17) is 26.1 Å². The van der Waals surface area contributed by atoms with E-state index in [2.05, 4.69) is 25.5 Å². The number of carboxylic acids is 1. The summed E-state index contributed by atoms with van der Waals surface area (Å²) in [5.41, 5.74) is 4.13. The number of hydrogen-bond acceptors (Lipinski definition) is 7. The van der Waals surface area contributed by atoms with Gasteiger partial charge in [0.15, 0.2) is 11.6 Å². The summed E-state index contributed by atoms with van der Waals surface area (Å²) < 4.78 is 27.4. The van der Waals surface area contributed by atoms with Crippen molar-refractivity contribution < 1.29 is 23.8 Å². The quantitative estimate of drug-likeness (QED) is 0.303. The molecule has 2 aromatic carbocycles. The minimum absolute atomic E-state index is 0. The lowest BCUT2D eigenvalue weighted by Crippen LogP contribution is -2.32. The molecule has 0 amide bonds. The number of hydrogen-bond donors (Lipinski definition) is 1. The molecule has 0 radical (unpaired) electrons. The standard InChI is InChI=1S/C28H25ClFN5O4.H2S/c29-19-2-4-26(22(30)10-19)39-16-20-11-31-12-24(32-20)18-5-7-34(13-18)15-27-33-23-3-1-17(28(36)37)9-25(23)35(27)14-21-6-8-38-21;/h1-5,9-12,21H,6-8,13-16H2,(H,36,37);1H2/t21-;/m0./s1. The van der Waals surface area contributed by atoms with Crippen molar-refractivity contribution in [2.75, 3.05) is 19.7 Å². The molecule has 1 N–H and O–H groups in total. The van der Waals surface area contributed by atoms with E-state index < -0.39 is 11.8 Å². The molecule has 12 heteroatoms. The van der Waals surface area contributed by atoms with Crippen molar-refractivity contribution in [2.24, 2.45) is 0 Å². The second-order valence-electron chi connectivity index (χ2n) is 9.59. The van der Waals surface area contributed by atoms with Crippen molar-refractivity contribution >= 4 is 47.7 Å². The SMILES string of the molecule is O=C(O)c1ccc2nc(CN3CC=C(c4cncc(COc5ccc(Cl)cc5F)n4)C3)n(C[C@@H]3CCO3)c2c1.S. The third kappa shape index (κ3) is 5.97. The Hall–Kier alpha value is -3.51. The minimum Gasteiger partial charge on any atom is -0.484 e. The summed E-state index contributed by atoms with van der Waals surface area (Å²) in [7, 11) is 0. The van der Waals surface area contributed by atoms with E-state index in [1.807, 2.05) is 0 Å². The molecule has 0 saturated carbocycles. The van der Waals surface area contributed by atoms with Crippen LogP contribution in [0.4, 0.5) is 4.39 Å². The topological polar surface area (TPSA) is 103 Å². The molecule has 40 heavy (non-hydrogen) atoms. The van der Waals surface area contributed by atoms with Crippen molar-refractivity contribution in [3.05, 3.63) is 88.5 Å². The van der Waals surface area contributed by atoms with E-state index in [1.165, 1.54) is 12.1 Å². The number of carbonyl (C=O) groups is 1. The molecule has 0 aliphatic carbocycles. The molecule has 4 aromatic rings. The number of aromatic carboxylic acids is 1. The first kappa shape index (κ1) is 28.0. The predicted molar refractivity (Wildman–Crippen MR) is 152 cm³/mol. The van der Waals surface area contributed by atoms with Gasteiger partial charge in [-0.25, -0.2) is 19.2 Å². The van der Waals surface area contributed by atoms with Crippen LogP contribution in [0.15, 0.2) is 54.9 Å². The summed E-state index contributed by atoms with van der Waals surface area (Å²) in [6, 6.07) is 9.28. The van der Waals surface area contributed by atoms with Crippen LogP contribution in [0.3, 0.4) is 0 Å². The van der Waals surface area contributed by atoms with Gasteiger partial charge in [0.1, 0.15) is 12.4 Å². The van der Waals surface area contributed by atoms with Crippen molar-refractivity contribution in [3.63, 3.8) is 0 Å². The first-order chi connectivity index (χ1) is 18.9. The number of carboxylic acid groups (broad SMARTS) is 1. The Bertz CT molecular complexity index is 1590. The molecule has 1 saturated heterocycles. The van der Waals surface area contributed by atoms with Gasteiger partial charge in [0.2, 0.25) is 0 Å². The number of imidazole rings is 1. The van der Waals surface area contributed by atoms with E-state index in [9.17, 15) is 14.3 Å². The summed E-state index contributed by atoms with van der Waals surface area (Å²) in [6.45, 7) is 3.38. The molecule has 2 aromatic heterocycles. The Morgan fingerprint density at radius 3 is 2.80 bits per heavy atom. The summed E-state index contributed by atoms with van der Waals surface area (Å²) in [5, 5.41) is 9.77. The highest BCUT2D eigenvalue weighted by Gasteiger charge is 2.25. The summed E-state index contributed by atoms with van der Waals surface area (Å²) >= 11 is 5.81. The minimum atomic E-state index is -0.966. The lowest BCUT2D eigenvalue weighted by atomic mass is 10.1. The number of rotatable bonds is 9. The van der Waals surface area contributed by atoms with Crippen LogP contribution >= 0.6 is 25.1 Å². The van der Waals surface area contributed by atoms with Crippen LogP contribution in [0.1, 0.15) is 34.0 Å². The van der Waals surface area contributed by atoms with Crippen LogP contribution in [0, 0.1) is 5.82 Å². The van der Waals surface area contributed by atoms with Gasteiger partial charge in [-0.1, -0.05) is 17.7 Å². The number of ether oxygens (including phenoxy) is 2. The number of halogens is 2. The van der Waals surface area contributed by atoms with Gasteiger partial charge in [-0.05, 0) is 48.4 Å². The maximum atomic E-state index is 14.0. The second kappa shape index (κ2) is 11.9. The molecule has 1 atom stereocenters. The maximum Gasteiger partial charge on any atom is 0.335 e. The predicted octanol–water partition coefficient (Wildman–Crippen LogP) is 4.70. The van der Waals surface area contributed by atoms with Crippen LogP contribution in [0.2, 0.25) is 5.02 Å². The van der Waals surface area contributed by atoms with Gasteiger partial charge >= 0.3 is 5.97 Å². The molecule has 1 fully saturated rings. The highest BCUT2D eigenvalue weighted by Crippen LogP contribution is 2.26. The van der Waals surface area contributed by atoms with Gasteiger partial charge in [0, 0.05) is 24.7 Å². The van der Waals surface area contributed by atoms with Crippen molar-refractivity contribution in [1.29, 1.82) is 0 Å². The fourth-order valence-electron chi connectivity index (χ4n) is 4.75. The van der Waals surface area contributed by atoms with Crippen LogP contribution < -0.4 is 4.74 Å². The van der Waals surface area contributed by atoms with Gasteiger partial charge in [-0.2, -0.15) is 13.5 Å². The third-order valence-electron chi connectivity index (χ3n) is 6.89. The largest absolute Gasteiger partial charge is 0.484 e. The summed E-state index contributed by atoms with van der Waals surface area (Å²) in [6.07, 6.45) is 6.48. The number of fused-ring (bicyclic) bond motifs is 1. The van der Waals surface area contributed by atoms with Crippen molar-refractivity contribution in [1.82, 2.24) is 24.4 Å². The molecular weight excluding hydrogens is 557 g/mol. The van der Waals surface area contributed by atoms with Crippen LogP contribution in [0.5, 0.6) is 5.75 Å².